The number of aromatic nitrogens is 1. The third kappa shape index (κ3) is 5.17. The summed E-state index contributed by atoms with van der Waals surface area (Å²) in [6.45, 7) is 10.7. The number of ether oxygens (including phenoxy) is 1. The summed E-state index contributed by atoms with van der Waals surface area (Å²) in [5.41, 5.74) is 2.99. The second-order valence-electron chi connectivity index (χ2n) is 8.90. The average Bonchev–Trinajstić information content (AvgIpc) is 2.69. The number of amides is 2. The molecule has 1 aromatic carbocycles. The second-order valence-corrected chi connectivity index (χ2v) is 8.90. The fourth-order valence-corrected chi connectivity index (χ4v) is 3.65. The third-order valence-electron chi connectivity index (χ3n) is 5.28. The lowest BCUT2D eigenvalue weighted by atomic mass is 10.00. The van der Waals surface area contributed by atoms with Gasteiger partial charge in [0.1, 0.15) is 5.60 Å². The minimum atomic E-state index is -0.518. The van der Waals surface area contributed by atoms with Crippen LogP contribution < -0.4 is 4.90 Å². The van der Waals surface area contributed by atoms with E-state index in [2.05, 4.69) is 4.98 Å². The Hall–Kier alpha value is -2.89. The molecule has 30 heavy (non-hydrogen) atoms. The molecule has 2 heterocycles. The van der Waals surface area contributed by atoms with Crippen molar-refractivity contribution in [2.24, 2.45) is 0 Å². The van der Waals surface area contributed by atoms with E-state index in [0.29, 0.717) is 31.5 Å². The van der Waals surface area contributed by atoms with Gasteiger partial charge in [0.2, 0.25) is 0 Å². The number of benzene rings is 1. The highest BCUT2D eigenvalue weighted by Crippen LogP contribution is 2.27. The third-order valence-corrected chi connectivity index (χ3v) is 5.28. The summed E-state index contributed by atoms with van der Waals surface area (Å²) < 4.78 is 5.50. The van der Waals surface area contributed by atoms with E-state index in [1.807, 2.05) is 69.9 Å². The Morgan fingerprint density at radius 1 is 1.07 bits per heavy atom. The number of carbonyl (C=O) groups excluding carboxylic acids is 2. The summed E-state index contributed by atoms with van der Waals surface area (Å²) in [4.78, 5) is 33.7. The molecule has 1 aliphatic heterocycles. The summed E-state index contributed by atoms with van der Waals surface area (Å²) in [6, 6.07) is 9.85. The van der Waals surface area contributed by atoms with Crippen molar-refractivity contribution in [3.05, 3.63) is 59.4 Å². The van der Waals surface area contributed by atoms with Gasteiger partial charge in [-0.3, -0.25) is 9.78 Å². The van der Waals surface area contributed by atoms with Crippen LogP contribution in [-0.2, 0) is 4.74 Å². The van der Waals surface area contributed by atoms with Crippen molar-refractivity contribution in [1.29, 1.82) is 0 Å². The van der Waals surface area contributed by atoms with Gasteiger partial charge in [0, 0.05) is 37.2 Å². The van der Waals surface area contributed by atoms with E-state index in [0.717, 1.165) is 16.8 Å². The average molecular weight is 410 g/mol. The van der Waals surface area contributed by atoms with E-state index in [1.165, 1.54) is 0 Å². The number of piperidine rings is 1. The molecule has 6 heteroatoms. The van der Waals surface area contributed by atoms with Gasteiger partial charge in [-0.2, -0.15) is 0 Å². The van der Waals surface area contributed by atoms with Crippen LogP contribution in [0.4, 0.5) is 10.5 Å². The maximum absolute atomic E-state index is 13.5. The molecule has 0 atom stereocenters. The first kappa shape index (κ1) is 21.8. The maximum Gasteiger partial charge on any atom is 0.410 e. The van der Waals surface area contributed by atoms with Crippen LogP contribution in [0.15, 0.2) is 42.7 Å². The van der Waals surface area contributed by atoms with Crippen LogP contribution in [0, 0.1) is 13.8 Å². The highest BCUT2D eigenvalue weighted by Gasteiger charge is 2.33. The van der Waals surface area contributed by atoms with Gasteiger partial charge in [0.15, 0.2) is 0 Å². The first-order chi connectivity index (χ1) is 14.2. The van der Waals surface area contributed by atoms with E-state index < -0.39 is 5.60 Å². The summed E-state index contributed by atoms with van der Waals surface area (Å²) >= 11 is 0. The first-order valence-corrected chi connectivity index (χ1v) is 10.4. The number of nitrogens with zero attached hydrogens (tertiary/aromatic N) is 3. The summed E-state index contributed by atoms with van der Waals surface area (Å²) in [7, 11) is 0. The van der Waals surface area contributed by atoms with Crippen molar-refractivity contribution in [3.63, 3.8) is 0 Å². The number of hydrogen-bond donors (Lipinski definition) is 0. The zero-order valence-corrected chi connectivity index (χ0v) is 18.5. The number of pyridine rings is 1. The molecule has 0 saturated carbocycles. The molecule has 0 bridgehead atoms. The molecule has 0 N–H and O–H groups in total. The van der Waals surface area contributed by atoms with Gasteiger partial charge < -0.3 is 14.5 Å². The van der Waals surface area contributed by atoms with Gasteiger partial charge in [0.25, 0.3) is 5.91 Å². The van der Waals surface area contributed by atoms with Crippen molar-refractivity contribution < 1.29 is 14.3 Å². The molecular weight excluding hydrogens is 378 g/mol. The van der Waals surface area contributed by atoms with Crippen LogP contribution in [0.3, 0.4) is 0 Å². The molecule has 0 aliphatic carbocycles. The number of hydrogen-bond acceptors (Lipinski definition) is 4. The Bertz CT molecular complexity index is 895. The largest absolute Gasteiger partial charge is 0.444 e. The predicted octanol–water partition coefficient (Wildman–Crippen LogP) is 4.74. The van der Waals surface area contributed by atoms with Crippen molar-refractivity contribution in [1.82, 2.24) is 9.88 Å². The quantitative estimate of drug-likeness (QED) is 0.734. The van der Waals surface area contributed by atoms with E-state index >= 15 is 0 Å². The fraction of sp³-hybridized carbons (Fsp3) is 0.458. The van der Waals surface area contributed by atoms with Gasteiger partial charge in [-0.25, -0.2) is 4.79 Å². The summed E-state index contributed by atoms with van der Waals surface area (Å²) in [6.07, 6.45) is 4.42. The Balaban J connectivity index is 1.82. The molecule has 2 amide bonds. The van der Waals surface area contributed by atoms with Crippen LogP contribution in [0.25, 0.3) is 0 Å². The molecule has 0 spiro atoms. The molecule has 160 valence electrons. The minimum Gasteiger partial charge on any atom is -0.444 e. The molecule has 1 saturated heterocycles. The Morgan fingerprint density at radius 3 is 2.27 bits per heavy atom. The smallest absolute Gasteiger partial charge is 0.410 e. The van der Waals surface area contributed by atoms with E-state index in [4.69, 9.17) is 4.74 Å². The topological polar surface area (TPSA) is 62.7 Å². The van der Waals surface area contributed by atoms with Gasteiger partial charge in [-0.1, -0.05) is 17.7 Å². The highest BCUT2D eigenvalue weighted by molar-refractivity contribution is 6.07. The first-order valence-electron chi connectivity index (χ1n) is 10.4. The van der Waals surface area contributed by atoms with E-state index in [1.54, 1.807) is 17.3 Å². The second kappa shape index (κ2) is 8.86. The fourth-order valence-electron chi connectivity index (χ4n) is 3.65. The SMILES string of the molecule is Cc1ccc(N(C(=O)c2cnccc2C)C2CCN(C(=O)OC(C)(C)C)CC2)cc1. The van der Waals surface area contributed by atoms with Gasteiger partial charge in [0.05, 0.1) is 5.56 Å². The van der Waals surface area contributed by atoms with Crippen molar-refractivity contribution in [3.8, 4) is 0 Å². The minimum absolute atomic E-state index is 0.00139. The maximum atomic E-state index is 13.5. The summed E-state index contributed by atoms with van der Waals surface area (Å²) in [5, 5.41) is 0. The van der Waals surface area contributed by atoms with Crippen molar-refractivity contribution in [2.75, 3.05) is 18.0 Å². The van der Waals surface area contributed by atoms with Crippen LogP contribution in [0.5, 0.6) is 0 Å². The number of anilines is 1. The standard InChI is InChI=1S/C24H31N3O3/c1-17-6-8-19(9-7-17)27(22(28)21-16-25-13-10-18(21)2)20-11-14-26(15-12-20)23(29)30-24(3,4)5/h6-10,13,16,20H,11-12,14-15H2,1-5H3. The number of aryl methyl sites for hydroxylation is 2. The Labute approximate surface area is 178 Å². The molecule has 2 aromatic rings. The zero-order valence-electron chi connectivity index (χ0n) is 18.5. The normalized spacial score (nSPS) is 15.0. The molecule has 1 aromatic heterocycles. The number of likely N-dealkylation sites (tertiary alicyclic amines) is 1. The van der Waals surface area contributed by atoms with Crippen molar-refractivity contribution in [2.45, 2.75) is 59.1 Å². The monoisotopic (exact) mass is 409 g/mol. The molecule has 1 aliphatic rings. The molecular formula is C24H31N3O3. The highest BCUT2D eigenvalue weighted by atomic mass is 16.6. The molecule has 0 radical (unpaired) electrons. The van der Waals surface area contributed by atoms with Gasteiger partial charge >= 0.3 is 6.09 Å². The molecule has 6 nitrogen and oxygen atoms in total. The number of carbonyl (C=O) groups is 2. The van der Waals surface area contributed by atoms with Crippen LogP contribution in [0.2, 0.25) is 0 Å². The lowest BCUT2D eigenvalue weighted by Gasteiger charge is -2.39. The molecule has 1 fully saturated rings. The molecule has 0 unspecified atom stereocenters. The molecule has 3 rings (SSSR count). The number of rotatable bonds is 3. The van der Waals surface area contributed by atoms with Crippen LogP contribution in [0.1, 0.15) is 55.1 Å². The Morgan fingerprint density at radius 2 is 1.70 bits per heavy atom. The Kier molecular flexibility index (Phi) is 6.44. The summed E-state index contributed by atoms with van der Waals surface area (Å²) in [5.74, 6) is -0.0554. The lowest BCUT2D eigenvalue weighted by Crippen LogP contribution is -2.50. The van der Waals surface area contributed by atoms with E-state index in [9.17, 15) is 9.59 Å². The van der Waals surface area contributed by atoms with Gasteiger partial charge in [-0.15, -0.1) is 0 Å². The predicted molar refractivity (Wildman–Crippen MR) is 118 cm³/mol. The van der Waals surface area contributed by atoms with Crippen LogP contribution in [-0.4, -0.2) is 46.6 Å². The van der Waals surface area contributed by atoms with E-state index in [-0.39, 0.29) is 18.0 Å². The van der Waals surface area contributed by atoms with Crippen LogP contribution >= 0.6 is 0 Å². The zero-order chi connectivity index (χ0) is 21.9. The lowest BCUT2D eigenvalue weighted by molar-refractivity contribution is 0.0205. The van der Waals surface area contributed by atoms with Crippen molar-refractivity contribution >= 4 is 17.7 Å². The van der Waals surface area contributed by atoms with Gasteiger partial charge in [-0.05, 0) is 71.2 Å².